The second-order valence-electron chi connectivity index (χ2n) is 3.80. The summed E-state index contributed by atoms with van der Waals surface area (Å²) in [6, 6.07) is 6.09. The summed E-state index contributed by atoms with van der Waals surface area (Å²) in [5, 5.41) is 0. The van der Waals surface area contributed by atoms with E-state index in [9.17, 15) is 8.42 Å². The second-order valence-corrected chi connectivity index (χ2v) is 6.80. The second kappa shape index (κ2) is 6.60. The third-order valence-electron chi connectivity index (χ3n) is 2.34. The number of benzene rings is 1. The van der Waals surface area contributed by atoms with E-state index in [4.69, 9.17) is 18.0 Å². The third kappa shape index (κ3) is 4.01. The zero-order valence-corrected chi connectivity index (χ0v) is 13.1. The van der Waals surface area contributed by atoms with Crippen molar-refractivity contribution in [2.75, 3.05) is 0 Å². The van der Waals surface area contributed by atoms with E-state index < -0.39 is 16.1 Å². The van der Waals surface area contributed by atoms with Crippen molar-refractivity contribution in [2.24, 2.45) is 5.73 Å². The predicted molar refractivity (Wildman–Crippen MR) is 79.9 cm³/mol. The minimum absolute atomic E-state index is 0.160. The number of thiocarbonyl (C=S) groups is 1. The lowest BCUT2D eigenvalue weighted by atomic mass is 10.2. The molecule has 1 aromatic rings. The molecular formula is C11H15BrN2O2S2. The van der Waals surface area contributed by atoms with Crippen molar-refractivity contribution in [1.82, 2.24) is 4.72 Å². The first-order chi connectivity index (χ1) is 8.38. The fourth-order valence-corrected chi connectivity index (χ4v) is 3.97. The quantitative estimate of drug-likeness (QED) is 0.771. The molecule has 4 nitrogen and oxygen atoms in total. The maximum absolute atomic E-state index is 12.2. The van der Waals surface area contributed by atoms with Crippen LogP contribution in [-0.4, -0.2) is 19.4 Å². The first-order valence-corrected chi connectivity index (χ1v) is 8.13. The van der Waals surface area contributed by atoms with Crippen LogP contribution in [-0.2, 0) is 10.0 Å². The van der Waals surface area contributed by atoms with Crippen LogP contribution in [0.3, 0.4) is 0 Å². The van der Waals surface area contributed by atoms with Gasteiger partial charge in [-0.1, -0.05) is 37.7 Å². The Labute approximate surface area is 121 Å². The molecule has 3 N–H and O–H groups in total. The first-order valence-electron chi connectivity index (χ1n) is 5.44. The van der Waals surface area contributed by atoms with Gasteiger partial charge >= 0.3 is 0 Å². The van der Waals surface area contributed by atoms with Crippen LogP contribution in [0.5, 0.6) is 0 Å². The van der Waals surface area contributed by atoms with Gasteiger partial charge in [-0.25, -0.2) is 13.1 Å². The summed E-state index contributed by atoms with van der Waals surface area (Å²) in [5.41, 5.74) is 5.54. The zero-order chi connectivity index (χ0) is 13.8. The summed E-state index contributed by atoms with van der Waals surface area (Å²) in [6.07, 6.45) is 1.37. The number of nitrogens with one attached hydrogen (secondary N) is 1. The molecule has 1 rings (SSSR count). The Hall–Kier alpha value is -0.500. The van der Waals surface area contributed by atoms with E-state index in [0.717, 1.165) is 6.42 Å². The summed E-state index contributed by atoms with van der Waals surface area (Å²) >= 11 is 8.09. The molecule has 0 amide bonds. The molecule has 0 aliphatic carbocycles. The van der Waals surface area contributed by atoms with Gasteiger partial charge in [0.15, 0.2) is 0 Å². The molecule has 0 heterocycles. The monoisotopic (exact) mass is 350 g/mol. The Morgan fingerprint density at radius 1 is 1.50 bits per heavy atom. The normalized spacial score (nSPS) is 13.2. The number of hydrogen-bond donors (Lipinski definition) is 2. The standard InChI is InChI=1S/C11H15BrN2O2S2/c1-2-5-9(11(13)17)14-18(15,16)10-7-4-3-6-8(10)12/h3-4,6-7,9,14H,2,5H2,1H3,(H2,13,17). The van der Waals surface area contributed by atoms with Crippen molar-refractivity contribution in [3.8, 4) is 0 Å². The fourth-order valence-electron chi connectivity index (χ4n) is 1.46. The van der Waals surface area contributed by atoms with Crippen LogP contribution >= 0.6 is 28.1 Å². The number of halogens is 1. The van der Waals surface area contributed by atoms with Gasteiger partial charge < -0.3 is 5.73 Å². The minimum atomic E-state index is -3.62. The molecule has 0 fully saturated rings. The Bertz CT molecular complexity index is 532. The van der Waals surface area contributed by atoms with Gasteiger partial charge in [0.1, 0.15) is 0 Å². The smallest absolute Gasteiger partial charge is 0.242 e. The average molecular weight is 351 g/mol. The minimum Gasteiger partial charge on any atom is -0.392 e. The number of sulfonamides is 1. The molecule has 0 saturated heterocycles. The SMILES string of the molecule is CCCC(NS(=O)(=O)c1ccccc1Br)C(N)=S. The lowest BCUT2D eigenvalue weighted by Gasteiger charge is -2.17. The van der Waals surface area contributed by atoms with E-state index in [1.54, 1.807) is 18.2 Å². The molecular weight excluding hydrogens is 336 g/mol. The van der Waals surface area contributed by atoms with Crippen molar-refractivity contribution in [1.29, 1.82) is 0 Å². The van der Waals surface area contributed by atoms with Gasteiger partial charge in [-0.2, -0.15) is 0 Å². The maximum atomic E-state index is 12.2. The van der Waals surface area contributed by atoms with E-state index in [2.05, 4.69) is 20.7 Å². The van der Waals surface area contributed by atoms with Crippen molar-refractivity contribution >= 4 is 43.2 Å². The highest BCUT2D eigenvalue weighted by molar-refractivity contribution is 9.10. The van der Waals surface area contributed by atoms with Crippen LogP contribution in [0.25, 0.3) is 0 Å². The Kier molecular flexibility index (Phi) is 5.71. The topological polar surface area (TPSA) is 72.2 Å². The summed E-state index contributed by atoms with van der Waals surface area (Å²) < 4.78 is 27.4. The molecule has 0 spiro atoms. The van der Waals surface area contributed by atoms with Crippen LogP contribution < -0.4 is 10.5 Å². The van der Waals surface area contributed by atoms with Crippen LogP contribution in [0.1, 0.15) is 19.8 Å². The molecule has 1 unspecified atom stereocenters. The van der Waals surface area contributed by atoms with E-state index in [1.807, 2.05) is 6.92 Å². The molecule has 0 saturated carbocycles. The number of hydrogen-bond acceptors (Lipinski definition) is 3. The molecule has 1 aromatic carbocycles. The summed E-state index contributed by atoms with van der Waals surface area (Å²) in [6.45, 7) is 1.94. The lowest BCUT2D eigenvalue weighted by molar-refractivity contribution is 0.566. The molecule has 0 aromatic heterocycles. The van der Waals surface area contributed by atoms with Gasteiger partial charge in [-0.15, -0.1) is 0 Å². The van der Waals surface area contributed by atoms with Gasteiger partial charge in [-0.05, 0) is 34.5 Å². The predicted octanol–water partition coefficient (Wildman–Crippen LogP) is 2.18. The van der Waals surface area contributed by atoms with Crippen LogP contribution in [0.2, 0.25) is 0 Å². The molecule has 100 valence electrons. The molecule has 18 heavy (non-hydrogen) atoms. The van der Waals surface area contributed by atoms with Gasteiger partial charge in [0.2, 0.25) is 10.0 Å². The molecule has 0 aliphatic heterocycles. The molecule has 0 bridgehead atoms. The number of nitrogens with two attached hydrogens (primary N) is 1. The number of rotatable bonds is 6. The largest absolute Gasteiger partial charge is 0.392 e. The molecule has 0 radical (unpaired) electrons. The third-order valence-corrected chi connectivity index (χ3v) is 5.11. The maximum Gasteiger partial charge on any atom is 0.242 e. The van der Waals surface area contributed by atoms with Gasteiger partial charge in [0.25, 0.3) is 0 Å². The van der Waals surface area contributed by atoms with Crippen LogP contribution in [0.4, 0.5) is 0 Å². The summed E-state index contributed by atoms with van der Waals surface area (Å²) in [4.78, 5) is 0.342. The van der Waals surface area contributed by atoms with Gasteiger partial charge in [-0.3, -0.25) is 0 Å². The Balaban J connectivity index is 3.01. The Morgan fingerprint density at radius 2 is 2.11 bits per heavy atom. The van der Waals surface area contributed by atoms with Crippen molar-refractivity contribution in [3.05, 3.63) is 28.7 Å². The highest BCUT2D eigenvalue weighted by atomic mass is 79.9. The highest BCUT2D eigenvalue weighted by Crippen LogP contribution is 2.21. The van der Waals surface area contributed by atoms with E-state index in [0.29, 0.717) is 10.9 Å². The van der Waals surface area contributed by atoms with Crippen molar-refractivity contribution in [2.45, 2.75) is 30.7 Å². The summed E-state index contributed by atoms with van der Waals surface area (Å²) in [5.74, 6) is 0. The van der Waals surface area contributed by atoms with E-state index in [1.165, 1.54) is 6.07 Å². The van der Waals surface area contributed by atoms with Crippen LogP contribution in [0.15, 0.2) is 33.6 Å². The fraction of sp³-hybridized carbons (Fsp3) is 0.364. The Morgan fingerprint density at radius 3 is 2.61 bits per heavy atom. The van der Waals surface area contributed by atoms with Gasteiger partial charge in [0, 0.05) is 4.47 Å². The first kappa shape index (κ1) is 15.6. The van der Waals surface area contributed by atoms with Gasteiger partial charge in [0.05, 0.1) is 15.9 Å². The van der Waals surface area contributed by atoms with Crippen LogP contribution in [0, 0.1) is 0 Å². The average Bonchev–Trinajstić information content (AvgIpc) is 2.28. The van der Waals surface area contributed by atoms with E-state index >= 15 is 0 Å². The molecule has 0 aliphatic rings. The lowest BCUT2D eigenvalue weighted by Crippen LogP contribution is -2.43. The van der Waals surface area contributed by atoms with E-state index in [-0.39, 0.29) is 9.88 Å². The molecule has 1 atom stereocenters. The summed E-state index contributed by atoms with van der Waals surface area (Å²) in [7, 11) is -3.62. The molecule has 7 heteroatoms. The zero-order valence-electron chi connectivity index (χ0n) is 9.89. The highest BCUT2D eigenvalue weighted by Gasteiger charge is 2.22. The van der Waals surface area contributed by atoms with Crippen molar-refractivity contribution < 1.29 is 8.42 Å². The van der Waals surface area contributed by atoms with Crippen molar-refractivity contribution in [3.63, 3.8) is 0 Å².